The quantitative estimate of drug-likeness (QED) is 0.124. The minimum Gasteiger partial charge on any atom is -0.464 e. The van der Waals surface area contributed by atoms with Gasteiger partial charge in [0.15, 0.2) is 0 Å². The van der Waals surface area contributed by atoms with Crippen LogP contribution in [-0.2, 0) is 28.5 Å². The normalized spacial score (nSPS) is 30.5. The summed E-state index contributed by atoms with van der Waals surface area (Å²) in [7, 11) is 3.32. The molecule has 8 nitrogen and oxygen atoms in total. The van der Waals surface area contributed by atoms with E-state index < -0.39 is 0 Å². The molecular weight excluding hydrogens is 524 g/mol. The van der Waals surface area contributed by atoms with E-state index in [0.29, 0.717) is 69.3 Å². The molecule has 0 aromatic rings. The van der Waals surface area contributed by atoms with E-state index in [1.54, 1.807) is 22.0 Å². The summed E-state index contributed by atoms with van der Waals surface area (Å²) in [5.74, 6) is 0.487. The second-order valence-corrected chi connectivity index (χ2v) is 15.4. The zero-order chi connectivity index (χ0) is 27.5. The van der Waals surface area contributed by atoms with Crippen LogP contribution in [0, 0.1) is 11.8 Å². The fraction of sp³-hybridized carbons (Fsp3) is 0.929. The maximum atomic E-state index is 12.5. The van der Waals surface area contributed by atoms with E-state index in [2.05, 4.69) is 50.2 Å². The third-order valence-corrected chi connectivity index (χ3v) is 11.2. The zero-order valence-corrected chi connectivity index (χ0v) is 25.7. The highest BCUT2D eigenvalue weighted by Gasteiger charge is 2.44. The fourth-order valence-corrected chi connectivity index (χ4v) is 8.76. The lowest BCUT2D eigenvalue weighted by molar-refractivity contribution is -0.191. The summed E-state index contributed by atoms with van der Waals surface area (Å²) >= 11 is 0. The molecule has 0 amide bonds. The van der Waals surface area contributed by atoms with Gasteiger partial charge in [-0.3, -0.25) is 9.59 Å². The molecule has 5 aliphatic rings. The van der Waals surface area contributed by atoms with Crippen molar-refractivity contribution in [3.63, 3.8) is 0 Å². The van der Waals surface area contributed by atoms with Crippen LogP contribution in [0.3, 0.4) is 0 Å². The second-order valence-electron chi connectivity index (χ2n) is 13.3. The maximum absolute atomic E-state index is 12.5. The summed E-state index contributed by atoms with van der Waals surface area (Å²) in [5.41, 5.74) is -0.215. The molecule has 0 aromatic heterocycles. The summed E-state index contributed by atoms with van der Waals surface area (Å²) in [4.78, 5) is 24.9. The molecule has 0 aromatic carbocycles. The molecular formula is C28H48N2O6S2. The lowest BCUT2D eigenvalue weighted by Gasteiger charge is -2.46. The van der Waals surface area contributed by atoms with Crippen LogP contribution in [0.5, 0.6) is 0 Å². The Morgan fingerprint density at radius 2 is 1.32 bits per heavy atom. The average Bonchev–Trinajstić information content (AvgIpc) is 3.56. The minimum absolute atomic E-state index is 0.101. The van der Waals surface area contributed by atoms with Crippen molar-refractivity contribution in [1.29, 1.82) is 0 Å². The summed E-state index contributed by atoms with van der Waals surface area (Å²) in [5, 5.41) is 0. The molecule has 0 radical (unpaired) electrons. The lowest BCUT2D eigenvalue weighted by atomic mass is 9.78. The molecule has 3 aliphatic heterocycles. The zero-order valence-electron chi connectivity index (χ0n) is 24.1. The van der Waals surface area contributed by atoms with Crippen LogP contribution >= 0.6 is 22.0 Å². The topological polar surface area (TPSA) is 80.8 Å². The molecule has 6 atom stereocenters. The van der Waals surface area contributed by atoms with Crippen molar-refractivity contribution >= 4 is 33.9 Å². The molecule has 10 heteroatoms. The highest BCUT2D eigenvalue weighted by atomic mass is 33.1. The summed E-state index contributed by atoms with van der Waals surface area (Å²) in [6.45, 7) is 15.0. The van der Waals surface area contributed by atoms with Gasteiger partial charge in [0.2, 0.25) is 0 Å². The van der Waals surface area contributed by atoms with Gasteiger partial charge in [-0.15, -0.1) is 0 Å². The van der Waals surface area contributed by atoms with Crippen molar-refractivity contribution in [3.05, 3.63) is 0 Å². The molecule has 5 rings (SSSR count). The molecule has 38 heavy (non-hydrogen) atoms. The largest absolute Gasteiger partial charge is 0.464 e. The fourth-order valence-electron chi connectivity index (χ4n) is 5.58. The smallest absolute Gasteiger partial charge is 0.306 e. The first-order chi connectivity index (χ1) is 17.9. The number of nitrogens with zero attached hydrogens (tertiary/aromatic N) is 2. The van der Waals surface area contributed by atoms with Gasteiger partial charge in [-0.1, -0.05) is 0 Å². The second kappa shape index (κ2) is 13.0. The first kappa shape index (κ1) is 30.4. The number of carbonyl (C=O) groups is 2. The van der Waals surface area contributed by atoms with Crippen LogP contribution in [0.15, 0.2) is 0 Å². The third-order valence-electron chi connectivity index (χ3n) is 8.07. The molecule has 3 heterocycles. The number of carbonyl (C=O) groups excluding carboxylic acids is 2. The van der Waals surface area contributed by atoms with E-state index in [4.69, 9.17) is 18.9 Å². The van der Waals surface area contributed by atoms with Crippen LogP contribution in [0.25, 0.3) is 0 Å². The van der Waals surface area contributed by atoms with E-state index in [1.165, 1.54) is 0 Å². The predicted molar refractivity (Wildman–Crippen MR) is 151 cm³/mol. The molecule has 0 spiro atoms. The molecule has 2 bridgehead atoms. The van der Waals surface area contributed by atoms with Crippen molar-refractivity contribution in [3.8, 4) is 0 Å². The Morgan fingerprint density at radius 3 is 1.82 bits per heavy atom. The Hall–Kier alpha value is -0.520. The van der Waals surface area contributed by atoms with Gasteiger partial charge in [-0.2, -0.15) is 0 Å². The number of ether oxygens (including phenoxy) is 4. The molecule has 218 valence electrons. The van der Waals surface area contributed by atoms with Crippen LogP contribution in [-0.4, -0.2) is 82.3 Å². The average molecular weight is 573 g/mol. The number of epoxide rings is 1. The van der Waals surface area contributed by atoms with Crippen molar-refractivity contribution in [2.75, 3.05) is 26.3 Å². The van der Waals surface area contributed by atoms with Gasteiger partial charge in [0.05, 0.1) is 30.8 Å². The Kier molecular flexibility index (Phi) is 10.4. The summed E-state index contributed by atoms with van der Waals surface area (Å²) in [6.07, 6.45) is 8.86. The number of hydrogen-bond donors (Lipinski definition) is 0. The van der Waals surface area contributed by atoms with Crippen LogP contribution in [0.1, 0.15) is 92.9 Å². The molecule has 2 aliphatic carbocycles. The highest BCUT2D eigenvalue weighted by Crippen LogP contribution is 2.42. The van der Waals surface area contributed by atoms with Crippen molar-refractivity contribution in [2.24, 2.45) is 11.8 Å². The maximum Gasteiger partial charge on any atom is 0.306 e. The van der Waals surface area contributed by atoms with Gasteiger partial charge in [0.25, 0.3) is 0 Å². The molecule has 2 saturated carbocycles. The van der Waals surface area contributed by atoms with E-state index in [-0.39, 0.29) is 29.1 Å². The van der Waals surface area contributed by atoms with Crippen molar-refractivity contribution in [1.82, 2.24) is 8.61 Å². The lowest BCUT2D eigenvalue weighted by Crippen LogP contribution is -2.48. The van der Waals surface area contributed by atoms with Crippen LogP contribution in [0.2, 0.25) is 0 Å². The first-order valence-electron chi connectivity index (χ1n) is 14.4. The van der Waals surface area contributed by atoms with Crippen LogP contribution in [0.4, 0.5) is 0 Å². The van der Waals surface area contributed by atoms with Gasteiger partial charge < -0.3 is 18.9 Å². The van der Waals surface area contributed by atoms with Gasteiger partial charge in [0, 0.05) is 59.0 Å². The Labute approximate surface area is 237 Å². The van der Waals surface area contributed by atoms with Gasteiger partial charge in [-0.25, -0.2) is 8.61 Å². The van der Waals surface area contributed by atoms with Gasteiger partial charge >= 0.3 is 11.9 Å². The van der Waals surface area contributed by atoms with Crippen molar-refractivity contribution < 1.29 is 28.5 Å². The number of fused-ring (bicyclic) bond motifs is 3. The highest BCUT2D eigenvalue weighted by molar-refractivity contribution is 8.74. The van der Waals surface area contributed by atoms with Gasteiger partial charge in [-0.05, 0) is 85.5 Å². The summed E-state index contributed by atoms with van der Waals surface area (Å²) < 4.78 is 27.1. The summed E-state index contributed by atoms with van der Waals surface area (Å²) in [6, 6.07) is 0. The SMILES string of the molecule is CC(C)(C)N(CCOC(=O)CC1CCC2OC2C1)SSN(CCOC(=O)CC1CCC2CC1O2)C(C)(C)C. The Bertz CT molecular complexity index is 807. The molecule has 6 unspecified atom stereocenters. The third kappa shape index (κ3) is 8.99. The number of hydrogen-bond acceptors (Lipinski definition) is 10. The van der Waals surface area contributed by atoms with E-state index >= 15 is 0 Å². The standard InChI is InChI=1S/C28H48N2O6S2/c1-27(2,3)29(11-13-33-25(31)16-19-7-10-22-24(15-19)36-22)37-38-30(28(4,5)6)12-14-34-26(32)17-20-8-9-21-18-23(20)35-21/h19-24H,7-18H2,1-6H3. The number of rotatable bonds is 13. The minimum atomic E-state index is -0.119. The van der Waals surface area contributed by atoms with Crippen LogP contribution < -0.4 is 0 Å². The van der Waals surface area contributed by atoms with Gasteiger partial charge in [0.1, 0.15) is 13.2 Å². The number of esters is 2. The van der Waals surface area contributed by atoms with E-state index in [0.717, 1.165) is 38.5 Å². The monoisotopic (exact) mass is 572 g/mol. The molecule has 3 saturated heterocycles. The Balaban J connectivity index is 1.16. The predicted octanol–water partition coefficient (Wildman–Crippen LogP) is 5.40. The molecule has 0 N–H and O–H groups in total. The van der Waals surface area contributed by atoms with Crippen molar-refractivity contribution in [2.45, 2.75) is 128 Å². The van der Waals surface area contributed by atoms with E-state index in [1.807, 2.05) is 0 Å². The Morgan fingerprint density at radius 1 is 0.737 bits per heavy atom. The first-order valence-corrected chi connectivity index (χ1v) is 16.5. The molecule has 5 fully saturated rings. The van der Waals surface area contributed by atoms with E-state index in [9.17, 15) is 9.59 Å².